The highest BCUT2D eigenvalue weighted by molar-refractivity contribution is 7.18. The maximum atomic E-state index is 13.6. The van der Waals surface area contributed by atoms with Crippen LogP contribution in [-0.2, 0) is 33.8 Å². The molecule has 34 heavy (non-hydrogen) atoms. The highest BCUT2D eigenvalue weighted by Crippen LogP contribution is 2.33. The van der Waals surface area contributed by atoms with Gasteiger partial charge in [0.1, 0.15) is 11.4 Å². The van der Waals surface area contributed by atoms with Gasteiger partial charge in [0.25, 0.3) is 5.56 Å². The van der Waals surface area contributed by atoms with Crippen LogP contribution in [0.5, 0.6) is 0 Å². The average Bonchev–Trinajstić information content (AvgIpc) is 3.48. The van der Waals surface area contributed by atoms with E-state index in [2.05, 4.69) is 5.32 Å². The van der Waals surface area contributed by atoms with Gasteiger partial charge in [0.2, 0.25) is 11.8 Å². The SMILES string of the molecule is CC(=O)N1CCc2c(sc3c2c(=O)n(-c2ccccc2)c(=O)n3CC(=O)NC[C@H]2CCCO2)C1. The number of amides is 2. The molecule has 178 valence electrons. The zero-order valence-corrected chi connectivity index (χ0v) is 19.7. The van der Waals surface area contributed by atoms with Crippen LogP contribution in [0.15, 0.2) is 39.9 Å². The molecule has 0 bridgehead atoms. The van der Waals surface area contributed by atoms with E-state index in [0.29, 0.717) is 48.6 Å². The van der Waals surface area contributed by atoms with Gasteiger partial charge >= 0.3 is 5.69 Å². The van der Waals surface area contributed by atoms with Gasteiger partial charge in [-0.3, -0.25) is 19.0 Å². The predicted octanol–water partition coefficient (Wildman–Crippen LogP) is 1.41. The van der Waals surface area contributed by atoms with E-state index in [9.17, 15) is 19.2 Å². The summed E-state index contributed by atoms with van der Waals surface area (Å²) in [5, 5.41) is 3.32. The normalized spacial score (nSPS) is 17.7. The Bertz CT molecular complexity index is 1370. The number of carbonyl (C=O) groups excluding carboxylic acids is 2. The molecule has 2 amide bonds. The Morgan fingerprint density at radius 1 is 1.21 bits per heavy atom. The van der Waals surface area contributed by atoms with Gasteiger partial charge in [0.15, 0.2) is 0 Å². The number of benzene rings is 1. The van der Waals surface area contributed by atoms with Crippen LogP contribution >= 0.6 is 11.3 Å². The van der Waals surface area contributed by atoms with E-state index in [1.807, 2.05) is 6.07 Å². The fraction of sp³-hybridized carbons (Fsp3) is 0.417. The van der Waals surface area contributed by atoms with E-state index in [4.69, 9.17) is 4.74 Å². The number of thiophene rings is 1. The van der Waals surface area contributed by atoms with Crippen molar-refractivity contribution < 1.29 is 14.3 Å². The van der Waals surface area contributed by atoms with Gasteiger partial charge in [-0.2, -0.15) is 0 Å². The molecule has 1 aromatic carbocycles. The molecule has 3 aromatic rings. The lowest BCUT2D eigenvalue weighted by Gasteiger charge is -2.25. The Balaban J connectivity index is 1.61. The molecule has 2 aliphatic rings. The highest BCUT2D eigenvalue weighted by Gasteiger charge is 2.28. The van der Waals surface area contributed by atoms with Gasteiger partial charge < -0.3 is 15.0 Å². The van der Waals surface area contributed by atoms with E-state index in [-0.39, 0.29) is 24.5 Å². The molecule has 2 aliphatic heterocycles. The molecule has 1 saturated heterocycles. The van der Waals surface area contributed by atoms with Crippen LogP contribution in [0.25, 0.3) is 15.9 Å². The maximum absolute atomic E-state index is 13.6. The molecule has 0 aliphatic carbocycles. The minimum atomic E-state index is -0.557. The van der Waals surface area contributed by atoms with Crippen LogP contribution < -0.4 is 16.6 Å². The second-order valence-corrected chi connectivity index (χ2v) is 9.74. The number of nitrogens with zero attached hydrogens (tertiary/aromatic N) is 3. The molecule has 0 saturated carbocycles. The number of hydrogen-bond donors (Lipinski definition) is 1. The lowest BCUT2D eigenvalue weighted by molar-refractivity contribution is -0.129. The first kappa shape index (κ1) is 22.5. The number of carbonyl (C=O) groups is 2. The van der Waals surface area contributed by atoms with E-state index in [1.54, 1.807) is 29.2 Å². The lowest BCUT2D eigenvalue weighted by Crippen LogP contribution is -2.42. The largest absolute Gasteiger partial charge is 0.376 e. The van der Waals surface area contributed by atoms with Crippen molar-refractivity contribution in [1.29, 1.82) is 0 Å². The minimum absolute atomic E-state index is 0.00872. The summed E-state index contributed by atoms with van der Waals surface area (Å²) in [4.78, 5) is 55.0. The molecule has 10 heteroatoms. The Labute approximate surface area is 199 Å². The number of fused-ring (bicyclic) bond motifs is 3. The number of para-hydroxylation sites is 1. The quantitative estimate of drug-likeness (QED) is 0.593. The molecule has 2 aromatic heterocycles. The van der Waals surface area contributed by atoms with Gasteiger partial charge in [0.05, 0.1) is 23.7 Å². The highest BCUT2D eigenvalue weighted by atomic mass is 32.1. The van der Waals surface area contributed by atoms with Crippen LogP contribution in [0.4, 0.5) is 0 Å². The monoisotopic (exact) mass is 482 g/mol. The molecule has 4 heterocycles. The summed E-state index contributed by atoms with van der Waals surface area (Å²) < 4.78 is 8.09. The van der Waals surface area contributed by atoms with Crippen molar-refractivity contribution in [3.63, 3.8) is 0 Å². The number of nitrogens with one attached hydrogen (secondary N) is 1. The van der Waals surface area contributed by atoms with Crippen molar-refractivity contribution in [1.82, 2.24) is 19.4 Å². The molecular formula is C24H26N4O5S. The van der Waals surface area contributed by atoms with Gasteiger partial charge in [-0.05, 0) is 37.0 Å². The van der Waals surface area contributed by atoms with E-state index in [1.165, 1.54) is 22.8 Å². The Morgan fingerprint density at radius 2 is 2.00 bits per heavy atom. The molecule has 1 N–H and O–H groups in total. The number of ether oxygens (including phenoxy) is 1. The van der Waals surface area contributed by atoms with Gasteiger partial charge in [-0.15, -0.1) is 11.3 Å². The van der Waals surface area contributed by atoms with Crippen molar-refractivity contribution in [3.05, 3.63) is 61.6 Å². The topological polar surface area (TPSA) is 103 Å². The molecule has 0 spiro atoms. The first-order valence-electron chi connectivity index (χ1n) is 11.4. The summed E-state index contributed by atoms with van der Waals surface area (Å²) in [6, 6.07) is 8.74. The molecule has 1 atom stereocenters. The van der Waals surface area contributed by atoms with Gasteiger partial charge in [-0.1, -0.05) is 18.2 Å². The number of hydrogen-bond acceptors (Lipinski definition) is 6. The summed E-state index contributed by atoms with van der Waals surface area (Å²) in [6.07, 6.45) is 2.39. The Kier molecular flexibility index (Phi) is 6.09. The van der Waals surface area contributed by atoms with Crippen molar-refractivity contribution >= 4 is 33.4 Å². The first-order valence-corrected chi connectivity index (χ1v) is 12.2. The predicted molar refractivity (Wildman–Crippen MR) is 128 cm³/mol. The first-order chi connectivity index (χ1) is 16.4. The Morgan fingerprint density at radius 3 is 2.71 bits per heavy atom. The summed E-state index contributed by atoms with van der Waals surface area (Å²) in [5.74, 6) is -0.343. The molecule has 9 nitrogen and oxygen atoms in total. The van der Waals surface area contributed by atoms with Crippen molar-refractivity contribution in [3.8, 4) is 5.69 Å². The average molecular weight is 483 g/mol. The van der Waals surface area contributed by atoms with Gasteiger partial charge in [0, 0.05) is 31.5 Å². The standard InChI is InChI=1S/C24H26N4O5S/c1-15(29)26-10-9-18-19(13-26)34-23-21(18)22(31)28(16-6-3-2-4-7-16)24(32)27(23)14-20(30)25-12-17-8-5-11-33-17/h2-4,6-7,17H,5,8-14H2,1H3,(H,25,30)/t17-/m1/s1. The lowest BCUT2D eigenvalue weighted by atomic mass is 10.1. The second kappa shape index (κ2) is 9.19. The molecule has 5 rings (SSSR count). The Hall–Kier alpha value is -3.24. The van der Waals surface area contributed by atoms with E-state index >= 15 is 0 Å². The van der Waals surface area contributed by atoms with Crippen LogP contribution in [-0.4, -0.2) is 51.6 Å². The summed E-state index contributed by atoms with van der Waals surface area (Å²) in [5.41, 5.74) is 0.365. The van der Waals surface area contributed by atoms with Crippen LogP contribution in [0, 0.1) is 0 Å². The molecule has 1 fully saturated rings. The molecule has 0 unspecified atom stereocenters. The van der Waals surface area contributed by atoms with Gasteiger partial charge in [-0.25, -0.2) is 9.36 Å². The smallest absolute Gasteiger partial charge is 0.337 e. The summed E-state index contributed by atoms with van der Waals surface area (Å²) in [7, 11) is 0. The minimum Gasteiger partial charge on any atom is -0.376 e. The van der Waals surface area contributed by atoms with Crippen molar-refractivity contribution in [2.45, 2.75) is 45.4 Å². The van der Waals surface area contributed by atoms with Crippen LogP contribution in [0.2, 0.25) is 0 Å². The maximum Gasteiger partial charge on any atom is 0.337 e. The second-order valence-electron chi connectivity index (χ2n) is 8.66. The number of rotatable bonds is 5. The fourth-order valence-electron chi connectivity index (χ4n) is 4.65. The molecular weight excluding hydrogens is 456 g/mol. The zero-order chi connectivity index (χ0) is 23.8. The zero-order valence-electron chi connectivity index (χ0n) is 18.9. The third-order valence-electron chi connectivity index (χ3n) is 6.43. The third kappa shape index (κ3) is 4.07. The summed E-state index contributed by atoms with van der Waals surface area (Å²) in [6.45, 7) is 3.32. The van der Waals surface area contributed by atoms with E-state index < -0.39 is 11.2 Å². The third-order valence-corrected chi connectivity index (χ3v) is 7.67. The molecule has 0 radical (unpaired) electrons. The van der Waals surface area contributed by atoms with E-state index in [0.717, 1.165) is 27.8 Å². The fourth-order valence-corrected chi connectivity index (χ4v) is 6.00. The number of aromatic nitrogens is 2. The van der Waals surface area contributed by atoms with Crippen LogP contribution in [0.3, 0.4) is 0 Å². The van der Waals surface area contributed by atoms with Crippen molar-refractivity contribution in [2.75, 3.05) is 19.7 Å². The van der Waals surface area contributed by atoms with Crippen LogP contribution in [0.1, 0.15) is 30.2 Å². The van der Waals surface area contributed by atoms with Crippen molar-refractivity contribution in [2.24, 2.45) is 0 Å². The summed E-state index contributed by atoms with van der Waals surface area (Å²) >= 11 is 1.32.